The molecule has 0 amide bonds. The Kier molecular flexibility index (Phi) is 33.4. The summed E-state index contributed by atoms with van der Waals surface area (Å²) in [4.78, 5) is 26.2. The zero-order valence-electron chi connectivity index (χ0n) is 19.7. The molecule has 0 saturated heterocycles. The minimum atomic E-state index is -0.210. The van der Waals surface area contributed by atoms with Crippen LogP contribution in [-0.4, -0.2) is 57.8 Å². The molecule has 2 unspecified atom stereocenters. The molecule has 29 heavy (non-hydrogen) atoms. The van der Waals surface area contributed by atoms with Crippen molar-refractivity contribution in [3.05, 3.63) is 0 Å². The average Bonchev–Trinajstić information content (AvgIpc) is 2.74. The predicted molar refractivity (Wildman–Crippen MR) is 134 cm³/mol. The molecule has 4 nitrogen and oxygen atoms in total. The average molecular weight is 557 g/mol. The fourth-order valence-electron chi connectivity index (χ4n) is 2.31. The first-order valence-electron chi connectivity index (χ1n) is 11.0. The Morgan fingerprint density at radius 1 is 0.759 bits per heavy atom. The van der Waals surface area contributed by atoms with Gasteiger partial charge >= 0.3 is 43.0 Å². The Bertz CT molecular complexity index is 326. The van der Waals surface area contributed by atoms with Gasteiger partial charge < -0.3 is 9.47 Å². The molecule has 0 N–H and O–H groups in total. The van der Waals surface area contributed by atoms with E-state index in [2.05, 4.69) is 62.8 Å². The van der Waals surface area contributed by atoms with Crippen LogP contribution >= 0.6 is 25.3 Å². The first-order chi connectivity index (χ1) is 13.9. The van der Waals surface area contributed by atoms with Gasteiger partial charge in [-0.2, -0.15) is 25.3 Å². The molecular weight excluding hydrogens is 511 g/mol. The summed E-state index contributed by atoms with van der Waals surface area (Å²) in [6, 6.07) is 0. The third kappa shape index (κ3) is 28.4. The van der Waals surface area contributed by atoms with Crippen LogP contribution in [0, 0.1) is 11.8 Å². The second-order valence-electron chi connectivity index (χ2n) is 7.02. The molecule has 0 aromatic rings. The van der Waals surface area contributed by atoms with Gasteiger partial charge in [-0.05, 0) is 24.7 Å². The summed E-state index contributed by atoms with van der Waals surface area (Å²) in [5.41, 5.74) is 0. The molecule has 174 valence electrons. The van der Waals surface area contributed by atoms with Gasteiger partial charge in [0, 0.05) is 0 Å². The van der Waals surface area contributed by atoms with Gasteiger partial charge in [-0.25, -0.2) is 0 Å². The topological polar surface area (TPSA) is 52.6 Å². The molecule has 0 spiro atoms. The first kappa shape index (κ1) is 34.1. The fraction of sp³-hybridized carbons (Fsp3) is 0.909. The maximum absolute atomic E-state index is 10.8. The van der Waals surface area contributed by atoms with E-state index in [1.807, 2.05) is 0 Å². The first-order valence-corrected chi connectivity index (χ1v) is 18.0. The second-order valence-corrected chi connectivity index (χ2v) is 10.5. The van der Waals surface area contributed by atoms with Crippen molar-refractivity contribution in [2.45, 2.75) is 88.9 Å². The van der Waals surface area contributed by atoms with Gasteiger partial charge in [-0.1, -0.05) is 66.2 Å². The van der Waals surface area contributed by atoms with E-state index in [-0.39, 0.29) is 44.6 Å². The summed E-state index contributed by atoms with van der Waals surface area (Å²) in [7, 11) is 0. The Hall–Kier alpha value is 0.439. The minimum absolute atomic E-state index is 0.185. The van der Waals surface area contributed by atoms with Crippen molar-refractivity contribution in [1.29, 1.82) is 0 Å². The Morgan fingerprint density at radius 3 is 1.28 bits per heavy atom. The standard InChI is InChI=1S/2C10H20O2S.2CH3.Sn/c2*1-3-5-6-9(4-2)7-12-10(11)8-13;;;/h2*9,13H,3-8H2,1-2H3;2*1H3;. The third-order valence-corrected chi connectivity index (χ3v) is 4.82. The maximum atomic E-state index is 10.8. The van der Waals surface area contributed by atoms with Gasteiger partial charge in [0.2, 0.25) is 0 Å². The molecule has 0 aliphatic rings. The van der Waals surface area contributed by atoms with E-state index >= 15 is 0 Å². The van der Waals surface area contributed by atoms with Crippen molar-refractivity contribution in [3.63, 3.8) is 0 Å². The van der Waals surface area contributed by atoms with E-state index in [1.165, 1.54) is 25.7 Å². The van der Waals surface area contributed by atoms with E-state index in [0.717, 1.165) is 25.7 Å². The quantitative estimate of drug-likeness (QED) is 0.153. The van der Waals surface area contributed by atoms with Gasteiger partial charge in [0.15, 0.2) is 0 Å². The number of carbonyl (C=O) groups is 2. The predicted octanol–water partition coefficient (Wildman–Crippen LogP) is 6.14. The molecule has 7 heteroatoms. The van der Waals surface area contributed by atoms with Crippen LogP contribution in [0.2, 0.25) is 9.88 Å². The van der Waals surface area contributed by atoms with Crippen molar-refractivity contribution in [2.75, 3.05) is 24.7 Å². The van der Waals surface area contributed by atoms with Crippen molar-refractivity contribution in [1.82, 2.24) is 0 Å². The molecule has 2 radical (unpaired) electrons. The summed E-state index contributed by atoms with van der Waals surface area (Å²) < 4.78 is 10.1. The van der Waals surface area contributed by atoms with E-state index < -0.39 is 0 Å². The molecule has 0 saturated carbocycles. The van der Waals surface area contributed by atoms with E-state index in [0.29, 0.717) is 25.0 Å². The number of esters is 2. The molecule has 0 aliphatic heterocycles. The summed E-state index contributed by atoms with van der Waals surface area (Å²) in [6.45, 7) is 9.74. The Labute approximate surface area is 202 Å². The van der Waals surface area contributed by atoms with Gasteiger partial charge in [-0.15, -0.1) is 0 Å². The van der Waals surface area contributed by atoms with E-state index in [9.17, 15) is 9.59 Å². The van der Waals surface area contributed by atoms with Gasteiger partial charge in [0.1, 0.15) is 0 Å². The Balaban J connectivity index is -0.000000410. The molecule has 0 aromatic carbocycles. The third-order valence-electron chi connectivity index (χ3n) is 4.30. The molecule has 0 bridgehead atoms. The molecule has 2 atom stereocenters. The normalized spacial score (nSPS) is 11.9. The van der Waals surface area contributed by atoms with Crippen LogP contribution in [0.3, 0.4) is 0 Å². The molecular formula is C22H46O4S2Sn. The molecule has 0 aromatic heterocycles. The van der Waals surface area contributed by atoms with Crippen LogP contribution in [0.4, 0.5) is 0 Å². The van der Waals surface area contributed by atoms with Gasteiger partial charge in [0.05, 0.1) is 24.7 Å². The van der Waals surface area contributed by atoms with Crippen molar-refractivity contribution < 1.29 is 19.1 Å². The van der Waals surface area contributed by atoms with Crippen LogP contribution in [0.25, 0.3) is 0 Å². The van der Waals surface area contributed by atoms with E-state index in [4.69, 9.17) is 9.47 Å². The van der Waals surface area contributed by atoms with Crippen molar-refractivity contribution in [3.8, 4) is 0 Å². The number of carbonyl (C=O) groups excluding carboxylic acids is 2. The Morgan fingerprint density at radius 2 is 1.07 bits per heavy atom. The number of hydrogen-bond acceptors (Lipinski definition) is 6. The van der Waals surface area contributed by atoms with Crippen LogP contribution < -0.4 is 0 Å². The molecule has 0 fully saturated rings. The number of rotatable bonds is 14. The fourth-order valence-corrected chi connectivity index (χ4v) is 2.49. The SMILES string of the molecule is CCCCC(CC)COC(=O)CS.CCCCC(CC)COC(=O)CS.[CH3][Sn][CH3]. The van der Waals surface area contributed by atoms with Crippen LogP contribution in [0.5, 0.6) is 0 Å². The van der Waals surface area contributed by atoms with Crippen LogP contribution in [0.15, 0.2) is 0 Å². The summed E-state index contributed by atoms with van der Waals surface area (Å²) in [5.74, 6) is 1.01. The monoisotopic (exact) mass is 558 g/mol. The molecule has 0 heterocycles. The molecule has 0 aliphatic carbocycles. The second kappa shape index (κ2) is 28.4. The summed E-state index contributed by atoms with van der Waals surface area (Å²) in [6.07, 6.45) is 9.33. The number of ether oxygens (including phenoxy) is 2. The zero-order valence-corrected chi connectivity index (χ0v) is 24.3. The van der Waals surface area contributed by atoms with E-state index in [1.54, 1.807) is 0 Å². The molecule has 0 rings (SSSR count). The number of hydrogen-bond donors (Lipinski definition) is 2. The summed E-state index contributed by atoms with van der Waals surface area (Å²) in [5, 5.41) is 0. The van der Waals surface area contributed by atoms with Crippen LogP contribution in [-0.2, 0) is 19.1 Å². The van der Waals surface area contributed by atoms with Crippen molar-refractivity contribution in [2.24, 2.45) is 11.8 Å². The van der Waals surface area contributed by atoms with Crippen molar-refractivity contribution >= 4 is 58.3 Å². The number of unbranched alkanes of at least 4 members (excludes halogenated alkanes) is 2. The van der Waals surface area contributed by atoms with Gasteiger partial charge in [0.25, 0.3) is 0 Å². The van der Waals surface area contributed by atoms with Gasteiger partial charge in [-0.3, -0.25) is 9.59 Å². The number of thiol groups is 2. The van der Waals surface area contributed by atoms with Crippen LogP contribution in [0.1, 0.15) is 79.1 Å². The zero-order chi connectivity index (χ0) is 22.9. The summed E-state index contributed by atoms with van der Waals surface area (Å²) >= 11 is 7.92.